The van der Waals surface area contributed by atoms with Crippen LogP contribution in [0.1, 0.15) is 12.6 Å². The third kappa shape index (κ3) is 3.29. The van der Waals surface area contributed by atoms with E-state index in [1.54, 1.807) is 18.3 Å². The molecule has 0 radical (unpaired) electrons. The average molecular weight is 360 g/mol. The van der Waals surface area contributed by atoms with Crippen molar-refractivity contribution < 1.29 is 4.39 Å². The Morgan fingerprint density at radius 2 is 1.89 bits per heavy atom. The molecule has 0 atom stereocenters. The van der Waals surface area contributed by atoms with Gasteiger partial charge in [-0.05, 0) is 48.9 Å². The van der Waals surface area contributed by atoms with Crippen LogP contribution in [0.4, 0.5) is 16.0 Å². The molecule has 27 heavy (non-hydrogen) atoms. The zero-order valence-corrected chi connectivity index (χ0v) is 14.7. The van der Waals surface area contributed by atoms with E-state index >= 15 is 0 Å². The summed E-state index contributed by atoms with van der Waals surface area (Å²) in [4.78, 5) is 22.0. The van der Waals surface area contributed by atoms with Gasteiger partial charge in [0.15, 0.2) is 0 Å². The molecule has 0 unspecified atom stereocenters. The van der Waals surface area contributed by atoms with E-state index in [4.69, 9.17) is 0 Å². The normalized spacial score (nSPS) is 10.9. The number of fused-ring (bicyclic) bond motifs is 1. The quantitative estimate of drug-likeness (QED) is 0.592. The van der Waals surface area contributed by atoms with Crippen LogP contribution < -0.4 is 10.9 Å². The average Bonchev–Trinajstić information content (AvgIpc) is 2.70. The number of pyridine rings is 1. The number of rotatable bonds is 4. The Morgan fingerprint density at radius 1 is 1.07 bits per heavy atom. The van der Waals surface area contributed by atoms with Gasteiger partial charge in [0.25, 0.3) is 5.56 Å². The molecule has 2 aromatic carbocycles. The van der Waals surface area contributed by atoms with Crippen LogP contribution >= 0.6 is 0 Å². The molecule has 6 heteroatoms. The van der Waals surface area contributed by atoms with Gasteiger partial charge in [-0.2, -0.15) is 0 Å². The second kappa shape index (κ2) is 6.99. The summed E-state index contributed by atoms with van der Waals surface area (Å²) in [6.07, 6.45) is 2.55. The van der Waals surface area contributed by atoms with Gasteiger partial charge in [-0.15, -0.1) is 0 Å². The Kier molecular flexibility index (Phi) is 4.38. The molecule has 0 aliphatic rings. The van der Waals surface area contributed by atoms with Gasteiger partial charge in [-0.3, -0.25) is 9.78 Å². The summed E-state index contributed by atoms with van der Waals surface area (Å²) in [7, 11) is 0. The maximum absolute atomic E-state index is 13.7. The molecule has 4 rings (SSSR count). The molecule has 0 amide bonds. The largest absolute Gasteiger partial charge is 0.324 e. The molecule has 2 heterocycles. The lowest BCUT2D eigenvalue weighted by molar-refractivity contribution is 0.629. The van der Waals surface area contributed by atoms with Crippen LogP contribution in [0.2, 0.25) is 0 Å². The number of para-hydroxylation sites is 1. The van der Waals surface area contributed by atoms with E-state index in [1.807, 2.05) is 37.3 Å². The lowest BCUT2D eigenvalue weighted by atomic mass is 10.2. The van der Waals surface area contributed by atoms with Gasteiger partial charge >= 0.3 is 0 Å². The van der Waals surface area contributed by atoms with Crippen LogP contribution in [-0.4, -0.2) is 14.5 Å². The van der Waals surface area contributed by atoms with Crippen LogP contribution in [0.5, 0.6) is 0 Å². The summed E-state index contributed by atoms with van der Waals surface area (Å²) in [6.45, 7) is 2.03. The van der Waals surface area contributed by atoms with Crippen LogP contribution in [0.3, 0.4) is 0 Å². The smallest absolute Gasteiger partial charge is 0.267 e. The third-order valence-corrected chi connectivity index (χ3v) is 4.29. The second-order valence-corrected chi connectivity index (χ2v) is 6.09. The minimum absolute atomic E-state index is 0.226. The number of hydrogen-bond donors (Lipinski definition) is 1. The van der Waals surface area contributed by atoms with E-state index in [-0.39, 0.29) is 10.9 Å². The number of hydrogen-bond acceptors (Lipinski definition) is 4. The van der Waals surface area contributed by atoms with Crippen molar-refractivity contribution in [3.63, 3.8) is 0 Å². The van der Waals surface area contributed by atoms with Crippen molar-refractivity contribution in [3.05, 3.63) is 88.7 Å². The highest BCUT2D eigenvalue weighted by molar-refractivity contribution is 5.80. The molecule has 0 saturated carbocycles. The first-order valence-electron chi connectivity index (χ1n) is 8.65. The molecule has 0 bridgehead atoms. The number of halogens is 1. The van der Waals surface area contributed by atoms with Gasteiger partial charge in [-0.25, -0.2) is 13.9 Å². The fraction of sp³-hybridized carbons (Fsp3) is 0.0952. The Hall–Kier alpha value is -3.54. The molecule has 134 valence electrons. The van der Waals surface area contributed by atoms with Crippen molar-refractivity contribution in [1.82, 2.24) is 14.5 Å². The lowest BCUT2D eigenvalue weighted by Gasteiger charge is -2.15. The summed E-state index contributed by atoms with van der Waals surface area (Å²) in [5, 5.41) is 3.39. The first-order valence-corrected chi connectivity index (χ1v) is 8.65. The first kappa shape index (κ1) is 16.9. The summed E-state index contributed by atoms with van der Waals surface area (Å²) in [6, 6.07) is 17.0. The predicted octanol–water partition coefficient (Wildman–Crippen LogP) is 4.23. The maximum Gasteiger partial charge on any atom is 0.267 e. The van der Waals surface area contributed by atoms with Gasteiger partial charge < -0.3 is 5.32 Å². The maximum atomic E-state index is 13.7. The summed E-state index contributed by atoms with van der Waals surface area (Å²) < 4.78 is 15.1. The zero-order valence-electron chi connectivity index (χ0n) is 14.7. The van der Waals surface area contributed by atoms with E-state index in [9.17, 15) is 9.18 Å². The van der Waals surface area contributed by atoms with Crippen LogP contribution in [0.25, 0.3) is 16.6 Å². The van der Waals surface area contributed by atoms with Crippen molar-refractivity contribution in [2.75, 3.05) is 5.32 Å². The van der Waals surface area contributed by atoms with E-state index in [1.165, 1.54) is 22.8 Å². The molecule has 0 aliphatic heterocycles. The highest BCUT2D eigenvalue weighted by Crippen LogP contribution is 2.20. The van der Waals surface area contributed by atoms with Crippen molar-refractivity contribution in [2.24, 2.45) is 0 Å². The third-order valence-electron chi connectivity index (χ3n) is 4.29. The SMILES string of the molecule is CCc1ccc(Nc2nc3ccc(F)cc3c(=O)n2-c2ccccc2)cn1. The topological polar surface area (TPSA) is 59.8 Å². The Bertz CT molecular complexity index is 1150. The van der Waals surface area contributed by atoms with E-state index in [2.05, 4.69) is 15.3 Å². The molecule has 5 nitrogen and oxygen atoms in total. The molecule has 0 saturated heterocycles. The molecule has 1 N–H and O–H groups in total. The van der Waals surface area contributed by atoms with Gasteiger partial charge in [0.2, 0.25) is 5.95 Å². The number of aromatic nitrogens is 3. The highest BCUT2D eigenvalue weighted by Gasteiger charge is 2.14. The molecule has 0 spiro atoms. The fourth-order valence-electron chi connectivity index (χ4n) is 2.89. The second-order valence-electron chi connectivity index (χ2n) is 6.09. The summed E-state index contributed by atoms with van der Waals surface area (Å²) >= 11 is 0. The Labute approximate surface area is 155 Å². The number of nitrogens with zero attached hydrogens (tertiary/aromatic N) is 3. The molecule has 0 fully saturated rings. The summed E-state index contributed by atoms with van der Waals surface area (Å²) in [5.74, 6) is -0.127. The van der Waals surface area contributed by atoms with Crippen LogP contribution in [-0.2, 0) is 6.42 Å². The monoisotopic (exact) mass is 360 g/mol. The Balaban J connectivity index is 1.91. The fourth-order valence-corrected chi connectivity index (χ4v) is 2.89. The van der Waals surface area contributed by atoms with E-state index in [0.717, 1.165) is 12.1 Å². The summed E-state index contributed by atoms with van der Waals surface area (Å²) in [5.41, 5.74) is 2.41. The van der Waals surface area contributed by atoms with Gasteiger partial charge in [0.05, 0.1) is 28.5 Å². The van der Waals surface area contributed by atoms with E-state index in [0.29, 0.717) is 22.8 Å². The molecule has 2 aromatic heterocycles. The molecular weight excluding hydrogens is 343 g/mol. The molecule has 0 aliphatic carbocycles. The lowest BCUT2D eigenvalue weighted by Crippen LogP contribution is -2.23. The number of benzene rings is 2. The minimum atomic E-state index is -0.471. The predicted molar refractivity (Wildman–Crippen MR) is 104 cm³/mol. The first-order chi connectivity index (χ1) is 13.2. The highest BCUT2D eigenvalue weighted by atomic mass is 19.1. The van der Waals surface area contributed by atoms with Gasteiger partial charge in [0.1, 0.15) is 5.82 Å². The molecule has 4 aromatic rings. The van der Waals surface area contributed by atoms with Crippen molar-refractivity contribution >= 4 is 22.5 Å². The van der Waals surface area contributed by atoms with Crippen molar-refractivity contribution in [3.8, 4) is 5.69 Å². The number of anilines is 2. The van der Waals surface area contributed by atoms with Crippen molar-refractivity contribution in [1.29, 1.82) is 0 Å². The molecular formula is C21H17FN4O. The van der Waals surface area contributed by atoms with E-state index < -0.39 is 5.82 Å². The minimum Gasteiger partial charge on any atom is -0.324 e. The zero-order chi connectivity index (χ0) is 18.8. The standard InChI is InChI=1S/C21H17FN4O/c1-2-15-9-10-16(13-23-15)24-21-25-19-11-8-14(22)12-18(19)20(27)26(21)17-6-4-3-5-7-17/h3-13H,2H2,1H3,(H,24,25). The number of nitrogens with one attached hydrogen (secondary N) is 1. The number of aryl methyl sites for hydroxylation is 1. The van der Waals surface area contributed by atoms with Crippen LogP contribution in [0, 0.1) is 5.82 Å². The van der Waals surface area contributed by atoms with Crippen LogP contribution in [0.15, 0.2) is 71.7 Å². The van der Waals surface area contributed by atoms with Gasteiger partial charge in [0, 0.05) is 5.69 Å². The Morgan fingerprint density at radius 3 is 2.59 bits per heavy atom. The van der Waals surface area contributed by atoms with Crippen molar-refractivity contribution in [2.45, 2.75) is 13.3 Å². The van der Waals surface area contributed by atoms with Gasteiger partial charge in [-0.1, -0.05) is 25.1 Å².